The van der Waals surface area contributed by atoms with E-state index in [2.05, 4.69) is 78.9 Å². The molecule has 5 heteroatoms. The minimum atomic E-state index is 0.515. The highest BCUT2D eigenvalue weighted by Crippen LogP contribution is 2.27. The summed E-state index contributed by atoms with van der Waals surface area (Å²) in [5, 5.41) is 9.81. The average molecular weight is 382 g/mol. The molecule has 27 heavy (non-hydrogen) atoms. The fourth-order valence-electron chi connectivity index (χ4n) is 2.69. The predicted octanol–water partition coefficient (Wildman–Crippen LogP) is 5.60. The predicted molar refractivity (Wildman–Crippen MR) is 112 cm³/mol. The summed E-state index contributed by atoms with van der Waals surface area (Å²) in [6, 6.07) is 16.8. The summed E-state index contributed by atoms with van der Waals surface area (Å²) >= 11 is 1.73. The van der Waals surface area contributed by atoms with E-state index in [9.17, 15) is 0 Å². The Morgan fingerprint density at radius 1 is 1.00 bits per heavy atom. The molecule has 3 aromatic rings. The van der Waals surface area contributed by atoms with E-state index in [-0.39, 0.29) is 0 Å². The number of hydrogen-bond acceptors (Lipinski definition) is 4. The standard InChI is InChI=1S/C22H27N3OS/c1-5-25-21(19-10-12-20(13-11-19)26-14-16(2)3)23-24-22(25)27-15-18-8-6-17(4)7-9-18/h6-13,16H,5,14-15H2,1-4H3. The first kappa shape index (κ1) is 19.5. The van der Waals surface area contributed by atoms with Crippen molar-refractivity contribution in [2.24, 2.45) is 5.92 Å². The molecule has 0 aliphatic carbocycles. The van der Waals surface area contributed by atoms with Gasteiger partial charge in [-0.15, -0.1) is 10.2 Å². The third-order valence-electron chi connectivity index (χ3n) is 4.22. The van der Waals surface area contributed by atoms with E-state index >= 15 is 0 Å². The van der Waals surface area contributed by atoms with Gasteiger partial charge in [0, 0.05) is 17.9 Å². The Kier molecular flexibility index (Phi) is 6.56. The molecule has 3 rings (SSSR count). The van der Waals surface area contributed by atoms with Gasteiger partial charge in [-0.1, -0.05) is 55.4 Å². The number of benzene rings is 2. The topological polar surface area (TPSA) is 39.9 Å². The van der Waals surface area contributed by atoms with E-state index in [0.717, 1.165) is 41.2 Å². The SMILES string of the molecule is CCn1c(SCc2ccc(C)cc2)nnc1-c1ccc(OCC(C)C)cc1. The summed E-state index contributed by atoms with van der Waals surface area (Å²) in [4.78, 5) is 0. The van der Waals surface area contributed by atoms with Gasteiger partial charge in [-0.2, -0.15) is 0 Å². The molecule has 0 fully saturated rings. The van der Waals surface area contributed by atoms with Crippen LogP contribution in [0.5, 0.6) is 5.75 Å². The lowest BCUT2D eigenvalue weighted by Crippen LogP contribution is -2.04. The molecule has 0 aliphatic heterocycles. The molecular formula is C22H27N3OS. The van der Waals surface area contributed by atoms with Crippen LogP contribution in [0.4, 0.5) is 0 Å². The van der Waals surface area contributed by atoms with Gasteiger partial charge in [0.15, 0.2) is 11.0 Å². The van der Waals surface area contributed by atoms with Crippen LogP contribution in [-0.2, 0) is 12.3 Å². The van der Waals surface area contributed by atoms with Gasteiger partial charge in [-0.25, -0.2) is 0 Å². The van der Waals surface area contributed by atoms with Crippen molar-refractivity contribution in [3.63, 3.8) is 0 Å². The molecule has 142 valence electrons. The second-order valence-corrected chi connectivity index (χ2v) is 8.00. The maximum absolute atomic E-state index is 5.77. The zero-order valence-corrected chi connectivity index (χ0v) is 17.3. The van der Waals surface area contributed by atoms with Crippen LogP contribution in [0.3, 0.4) is 0 Å². The Morgan fingerprint density at radius 2 is 1.70 bits per heavy atom. The number of aryl methyl sites for hydroxylation is 1. The maximum Gasteiger partial charge on any atom is 0.191 e. The first-order valence-electron chi connectivity index (χ1n) is 9.41. The second-order valence-electron chi connectivity index (χ2n) is 7.05. The Morgan fingerprint density at radius 3 is 2.33 bits per heavy atom. The van der Waals surface area contributed by atoms with Crippen LogP contribution in [0.2, 0.25) is 0 Å². The molecule has 0 radical (unpaired) electrons. The Labute approximate surface area is 166 Å². The summed E-state index contributed by atoms with van der Waals surface area (Å²) in [5.41, 5.74) is 3.64. The summed E-state index contributed by atoms with van der Waals surface area (Å²) in [6.07, 6.45) is 0. The molecule has 1 aromatic heterocycles. The van der Waals surface area contributed by atoms with Crippen LogP contribution in [-0.4, -0.2) is 21.4 Å². The summed E-state index contributed by atoms with van der Waals surface area (Å²) in [6.45, 7) is 10.1. The number of thioether (sulfide) groups is 1. The highest BCUT2D eigenvalue weighted by atomic mass is 32.2. The number of aromatic nitrogens is 3. The first-order chi connectivity index (χ1) is 13.1. The third-order valence-corrected chi connectivity index (χ3v) is 5.26. The molecule has 2 aromatic carbocycles. The quantitative estimate of drug-likeness (QED) is 0.476. The van der Waals surface area contributed by atoms with E-state index in [1.165, 1.54) is 11.1 Å². The number of hydrogen-bond donors (Lipinski definition) is 0. The van der Waals surface area contributed by atoms with Crippen LogP contribution in [0.25, 0.3) is 11.4 Å². The molecular weight excluding hydrogens is 354 g/mol. The molecule has 0 bridgehead atoms. The van der Waals surface area contributed by atoms with Crippen molar-refractivity contribution in [3.8, 4) is 17.1 Å². The van der Waals surface area contributed by atoms with Gasteiger partial charge in [0.1, 0.15) is 5.75 Å². The van der Waals surface area contributed by atoms with E-state index < -0.39 is 0 Å². The molecule has 0 unspecified atom stereocenters. The van der Waals surface area contributed by atoms with Gasteiger partial charge in [0.25, 0.3) is 0 Å². The molecule has 0 spiro atoms. The third kappa shape index (κ3) is 5.13. The second kappa shape index (κ2) is 9.09. The van der Waals surface area contributed by atoms with Crippen molar-refractivity contribution in [1.29, 1.82) is 0 Å². The molecule has 0 aliphatic rings. The molecule has 0 amide bonds. The van der Waals surface area contributed by atoms with Crippen LogP contribution in [0.15, 0.2) is 53.7 Å². The summed E-state index contributed by atoms with van der Waals surface area (Å²) in [5.74, 6) is 3.20. The lowest BCUT2D eigenvalue weighted by atomic mass is 10.2. The van der Waals surface area contributed by atoms with Gasteiger partial charge < -0.3 is 9.30 Å². The van der Waals surface area contributed by atoms with Gasteiger partial charge in [-0.05, 0) is 49.6 Å². The lowest BCUT2D eigenvalue weighted by Gasteiger charge is -2.10. The van der Waals surface area contributed by atoms with Gasteiger partial charge in [0.2, 0.25) is 0 Å². The van der Waals surface area contributed by atoms with E-state index in [4.69, 9.17) is 4.74 Å². The maximum atomic E-state index is 5.77. The lowest BCUT2D eigenvalue weighted by molar-refractivity contribution is 0.271. The number of nitrogens with zero attached hydrogens (tertiary/aromatic N) is 3. The van der Waals surface area contributed by atoms with Gasteiger partial charge in [0.05, 0.1) is 6.61 Å². The Bertz CT molecular complexity index is 854. The Hall–Kier alpha value is -2.27. The van der Waals surface area contributed by atoms with Crippen molar-refractivity contribution in [3.05, 3.63) is 59.7 Å². The molecule has 0 N–H and O–H groups in total. The first-order valence-corrected chi connectivity index (χ1v) is 10.4. The van der Waals surface area contributed by atoms with Crippen LogP contribution >= 0.6 is 11.8 Å². The van der Waals surface area contributed by atoms with Crippen molar-refractivity contribution >= 4 is 11.8 Å². The monoisotopic (exact) mass is 381 g/mol. The molecule has 0 saturated heterocycles. The van der Waals surface area contributed by atoms with Crippen LogP contribution in [0.1, 0.15) is 31.9 Å². The van der Waals surface area contributed by atoms with E-state index in [0.29, 0.717) is 5.92 Å². The van der Waals surface area contributed by atoms with Crippen molar-refractivity contribution in [2.45, 2.75) is 45.1 Å². The van der Waals surface area contributed by atoms with Crippen molar-refractivity contribution in [2.75, 3.05) is 6.61 Å². The van der Waals surface area contributed by atoms with Crippen LogP contribution in [0, 0.1) is 12.8 Å². The highest BCUT2D eigenvalue weighted by molar-refractivity contribution is 7.98. The highest BCUT2D eigenvalue weighted by Gasteiger charge is 2.13. The summed E-state index contributed by atoms with van der Waals surface area (Å²) < 4.78 is 7.94. The summed E-state index contributed by atoms with van der Waals surface area (Å²) in [7, 11) is 0. The molecule has 0 atom stereocenters. The van der Waals surface area contributed by atoms with Crippen molar-refractivity contribution in [1.82, 2.24) is 14.8 Å². The van der Waals surface area contributed by atoms with Gasteiger partial charge >= 0.3 is 0 Å². The molecule has 0 saturated carbocycles. The fraction of sp³-hybridized carbons (Fsp3) is 0.364. The smallest absolute Gasteiger partial charge is 0.191 e. The largest absolute Gasteiger partial charge is 0.493 e. The fourth-order valence-corrected chi connectivity index (χ4v) is 3.65. The number of ether oxygens (including phenoxy) is 1. The zero-order chi connectivity index (χ0) is 19.2. The van der Waals surface area contributed by atoms with Gasteiger partial charge in [-0.3, -0.25) is 0 Å². The molecule has 1 heterocycles. The average Bonchev–Trinajstić information content (AvgIpc) is 3.09. The zero-order valence-electron chi connectivity index (χ0n) is 16.5. The van der Waals surface area contributed by atoms with Crippen molar-refractivity contribution < 1.29 is 4.74 Å². The van der Waals surface area contributed by atoms with E-state index in [1.807, 2.05) is 12.1 Å². The number of rotatable bonds is 8. The molecule has 4 nitrogen and oxygen atoms in total. The van der Waals surface area contributed by atoms with Crippen LogP contribution < -0.4 is 4.74 Å². The minimum absolute atomic E-state index is 0.515. The Balaban J connectivity index is 1.72. The normalized spacial score (nSPS) is 11.1. The minimum Gasteiger partial charge on any atom is -0.493 e. The van der Waals surface area contributed by atoms with E-state index in [1.54, 1.807) is 11.8 Å².